The van der Waals surface area contributed by atoms with Gasteiger partial charge in [0.15, 0.2) is 0 Å². The minimum Gasteiger partial charge on any atom is -0.481 e. The molecule has 0 aliphatic carbocycles. The van der Waals surface area contributed by atoms with Crippen molar-refractivity contribution in [2.24, 2.45) is 5.73 Å². The monoisotopic (exact) mass is 435 g/mol. The van der Waals surface area contributed by atoms with Gasteiger partial charge >= 0.3 is 5.97 Å². The minimum absolute atomic E-state index is 0.0988. The van der Waals surface area contributed by atoms with Crippen LogP contribution in [0.2, 0.25) is 0 Å². The molecule has 1 aromatic heterocycles. The molecule has 0 bridgehead atoms. The number of ether oxygens (including phenoxy) is 1. The van der Waals surface area contributed by atoms with E-state index in [9.17, 15) is 15.2 Å². The number of hydrogen-bond donors (Lipinski definition) is 2. The molecule has 6 heteroatoms. The summed E-state index contributed by atoms with van der Waals surface area (Å²) in [5.74, 6) is -0.0885. The molecule has 4 aromatic rings. The zero-order valence-electron chi connectivity index (χ0n) is 17.7. The highest BCUT2D eigenvalue weighted by Gasteiger charge is 2.11. The van der Waals surface area contributed by atoms with Crippen molar-refractivity contribution in [1.29, 1.82) is 5.26 Å². The van der Waals surface area contributed by atoms with Gasteiger partial charge in [-0.25, -0.2) is 4.98 Å². The molecule has 0 fully saturated rings. The average Bonchev–Trinajstić information content (AvgIpc) is 2.84. The Hall–Kier alpha value is -4.47. The zero-order valence-corrected chi connectivity index (χ0v) is 17.7. The maximum absolute atomic E-state index is 11.2. The molecule has 33 heavy (non-hydrogen) atoms. The molecule has 0 aliphatic heterocycles. The molecule has 0 atom stereocenters. The number of carboxylic acid groups (broad SMARTS) is 1. The van der Waals surface area contributed by atoms with Gasteiger partial charge in [-0.15, -0.1) is 0 Å². The van der Waals surface area contributed by atoms with E-state index >= 15 is 0 Å². The quantitative estimate of drug-likeness (QED) is 0.415. The molecular formula is C27H21N3O3. The molecule has 0 saturated heterocycles. The predicted molar refractivity (Wildman–Crippen MR) is 126 cm³/mol. The topological polar surface area (TPSA) is 109 Å². The van der Waals surface area contributed by atoms with Crippen molar-refractivity contribution in [3.63, 3.8) is 0 Å². The van der Waals surface area contributed by atoms with Crippen molar-refractivity contribution in [2.45, 2.75) is 13.0 Å². The number of pyridine rings is 1. The Morgan fingerprint density at radius 1 is 0.970 bits per heavy atom. The summed E-state index contributed by atoms with van der Waals surface area (Å²) in [5, 5.41) is 18.7. The predicted octanol–water partition coefficient (Wildman–Crippen LogP) is 5.17. The molecule has 162 valence electrons. The molecule has 6 nitrogen and oxygen atoms in total. The van der Waals surface area contributed by atoms with Crippen LogP contribution in [0.25, 0.3) is 22.4 Å². The van der Waals surface area contributed by atoms with Crippen LogP contribution in [-0.2, 0) is 17.8 Å². The molecular weight excluding hydrogens is 414 g/mol. The second-order valence-electron chi connectivity index (χ2n) is 7.45. The SMILES string of the molecule is N#Cc1cc(Oc2cccc(-c3ccccc3CC(=O)O)n2)cc(-c2cccc(CN)c2)c1. The molecule has 3 N–H and O–H groups in total. The number of nitrogens with zero attached hydrogens (tertiary/aromatic N) is 2. The molecule has 1 heterocycles. The summed E-state index contributed by atoms with van der Waals surface area (Å²) in [6.45, 7) is 0.426. The number of carboxylic acids is 1. The summed E-state index contributed by atoms with van der Waals surface area (Å²) in [7, 11) is 0. The third-order valence-corrected chi connectivity index (χ3v) is 5.11. The number of aromatic nitrogens is 1. The normalized spacial score (nSPS) is 10.4. The van der Waals surface area contributed by atoms with Crippen LogP contribution in [0.3, 0.4) is 0 Å². The number of carbonyl (C=O) groups is 1. The highest BCUT2D eigenvalue weighted by molar-refractivity contribution is 5.75. The van der Waals surface area contributed by atoms with E-state index in [0.717, 1.165) is 22.3 Å². The standard InChI is InChI=1S/C27H21N3O3/c28-16-18-5-3-7-20(11-18)22-12-19(17-29)13-23(14-22)33-26-10-4-9-25(30-26)24-8-2-1-6-21(24)15-27(31)32/h1-14H,15-16,28H2,(H,31,32). The lowest BCUT2D eigenvalue weighted by Gasteiger charge is -2.11. The summed E-state index contributed by atoms with van der Waals surface area (Å²) >= 11 is 0. The van der Waals surface area contributed by atoms with Gasteiger partial charge in [-0.05, 0) is 52.6 Å². The Kier molecular flexibility index (Phi) is 6.44. The van der Waals surface area contributed by atoms with Gasteiger partial charge in [0.05, 0.1) is 23.7 Å². The van der Waals surface area contributed by atoms with Gasteiger partial charge in [-0.3, -0.25) is 4.79 Å². The van der Waals surface area contributed by atoms with Gasteiger partial charge in [0.2, 0.25) is 5.88 Å². The second kappa shape index (κ2) is 9.77. The molecule has 0 aliphatic rings. The summed E-state index contributed by atoms with van der Waals surface area (Å²) in [6, 6.07) is 27.9. The molecule has 0 radical (unpaired) electrons. The van der Waals surface area contributed by atoms with Gasteiger partial charge in [0, 0.05) is 18.2 Å². The van der Waals surface area contributed by atoms with Crippen molar-refractivity contribution in [3.8, 4) is 40.1 Å². The summed E-state index contributed by atoms with van der Waals surface area (Å²) in [6.07, 6.45) is -0.0988. The van der Waals surface area contributed by atoms with E-state index in [4.69, 9.17) is 10.5 Å². The molecule has 0 amide bonds. The first kappa shape index (κ1) is 21.8. The molecule has 3 aromatic carbocycles. The van der Waals surface area contributed by atoms with E-state index in [-0.39, 0.29) is 6.42 Å². The Morgan fingerprint density at radius 2 is 1.79 bits per heavy atom. The summed E-state index contributed by atoms with van der Waals surface area (Å²) in [5.41, 5.74) is 11.0. The van der Waals surface area contributed by atoms with E-state index in [0.29, 0.717) is 35.0 Å². The Morgan fingerprint density at radius 3 is 2.58 bits per heavy atom. The first-order valence-corrected chi connectivity index (χ1v) is 10.4. The Labute approximate surface area is 191 Å². The smallest absolute Gasteiger partial charge is 0.307 e. The first-order valence-electron chi connectivity index (χ1n) is 10.4. The van der Waals surface area contributed by atoms with E-state index in [1.807, 2.05) is 48.5 Å². The molecule has 0 spiro atoms. The number of nitriles is 1. The maximum Gasteiger partial charge on any atom is 0.307 e. The van der Waals surface area contributed by atoms with Crippen molar-refractivity contribution >= 4 is 5.97 Å². The van der Waals surface area contributed by atoms with Crippen LogP contribution in [0.5, 0.6) is 11.6 Å². The van der Waals surface area contributed by atoms with Gasteiger partial charge in [0.1, 0.15) is 5.75 Å². The minimum atomic E-state index is -0.908. The zero-order chi connectivity index (χ0) is 23.2. The average molecular weight is 435 g/mol. The third kappa shape index (κ3) is 5.24. The second-order valence-corrected chi connectivity index (χ2v) is 7.45. The van der Waals surface area contributed by atoms with Crippen LogP contribution in [0.1, 0.15) is 16.7 Å². The van der Waals surface area contributed by atoms with Crippen LogP contribution < -0.4 is 10.5 Å². The Balaban J connectivity index is 1.68. The maximum atomic E-state index is 11.2. The van der Waals surface area contributed by atoms with Crippen LogP contribution >= 0.6 is 0 Å². The lowest BCUT2D eigenvalue weighted by molar-refractivity contribution is -0.136. The van der Waals surface area contributed by atoms with Gasteiger partial charge in [-0.1, -0.05) is 48.5 Å². The fourth-order valence-electron chi connectivity index (χ4n) is 3.60. The third-order valence-electron chi connectivity index (χ3n) is 5.11. The fourth-order valence-corrected chi connectivity index (χ4v) is 3.60. The van der Waals surface area contributed by atoms with Gasteiger partial charge in [0.25, 0.3) is 0 Å². The van der Waals surface area contributed by atoms with Crippen LogP contribution in [0, 0.1) is 11.3 Å². The van der Waals surface area contributed by atoms with Crippen LogP contribution in [-0.4, -0.2) is 16.1 Å². The highest BCUT2D eigenvalue weighted by atomic mass is 16.5. The van der Waals surface area contributed by atoms with E-state index in [1.165, 1.54) is 0 Å². The van der Waals surface area contributed by atoms with Gasteiger partial charge < -0.3 is 15.6 Å². The van der Waals surface area contributed by atoms with Crippen molar-refractivity contribution in [2.75, 3.05) is 0 Å². The highest BCUT2D eigenvalue weighted by Crippen LogP contribution is 2.31. The largest absolute Gasteiger partial charge is 0.481 e. The van der Waals surface area contributed by atoms with Crippen molar-refractivity contribution in [1.82, 2.24) is 4.98 Å². The van der Waals surface area contributed by atoms with Crippen molar-refractivity contribution in [3.05, 3.63) is 102 Å². The van der Waals surface area contributed by atoms with E-state index < -0.39 is 5.97 Å². The summed E-state index contributed by atoms with van der Waals surface area (Å²) in [4.78, 5) is 15.8. The number of nitrogens with two attached hydrogens (primary N) is 1. The lowest BCUT2D eigenvalue weighted by Crippen LogP contribution is -2.02. The number of rotatable bonds is 7. The van der Waals surface area contributed by atoms with Crippen molar-refractivity contribution < 1.29 is 14.6 Å². The molecule has 0 saturated carbocycles. The number of aliphatic carboxylic acids is 1. The first-order chi connectivity index (χ1) is 16.1. The molecule has 0 unspecified atom stereocenters. The Bertz CT molecular complexity index is 1360. The number of benzene rings is 3. The van der Waals surface area contributed by atoms with Crippen LogP contribution in [0.15, 0.2) is 84.9 Å². The lowest BCUT2D eigenvalue weighted by atomic mass is 10.0. The van der Waals surface area contributed by atoms with E-state index in [2.05, 4.69) is 11.1 Å². The van der Waals surface area contributed by atoms with Crippen LogP contribution in [0.4, 0.5) is 0 Å². The number of hydrogen-bond acceptors (Lipinski definition) is 5. The fraction of sp³-hybridized carbons (Fsp3) is 0.0741. The van der Waals surface area contributed by atoms with E-state index in [1.54, 1.807) is 36.4 Å². The molecule has 4 rings (SSSR count). The van der Waals surface area contributed by atoms with Gasteiger partial charge in [-0.2, -0.15) is 5.26 Å². The summed E-state index contributed by atoms with van der Waals surface area (Å²) < 4.78 is 6.02.